The van der Waals surface area contributed by atoms with E-state index < -0.39 is 6.10 Å². The van der Waals surface area contributed by atoms with Crippen LogP contribution >= 0.6 is 0 Å². The van der Waals surface area contributed by atoms with Gasteiger partial charge in [-0.1, -0.05) is 12.1 Å². The Morgan fingerprint density at radius 1 is 1.07 bits per heavy atom. The van der Waals surface area contributed by atoms with Gasteiger partial charge in [-0.15, -0.1) is 0 Å². The first-order valence-electron chi connectivity index (χ1n) is 10.0. The Kier molecular flexibility index (Phi) is 5.55. The van der Waals surface area contributed by atoms with Gasteiger partial charge in [-0.25, -0.2) is 0 Å². The molecule has 0 spiro atoms. The third kappa shape index (κ3) is 4.29. The summed E-state index contributed by atoms with van der Waals surface area (Å²) >= 11 is 0. The van der Waals surface area contributed by atoms with Crippen molar-refractivity contribution in [2.75, 3.05) is 48.3 Å². The zero-order chi connectivity index (χ0) is 20.2. The number of carbonyl (C=O) groups excluding carboxylic acids is 2. The lowest BCUT2D eigenvalue weighted by Crippen LogP contribution is -2.50. The van der Waals surface area contributed by atoms with Gasteiger partial charge in [-0.3, -0.25) is 9.59 Å². The Morgan fingerprint density at radius 2 is 1.79 bits per heavy atom. The molecule has 0 unspecified atom stereocenters. The smallest absolute Gasteiger partial charge is 0.262 e. The summed E-state index contributed by atoms with van der Waals surface area (Å²) in [4.78, 5) is 29.0. The van der Waals surface area contributed by atoms with Gasteiger partial charge in [0.15, 0.2) is 6.10 Å². The van der Waals surface area contributed by atoms with Gasteiger partial charge in [-0.05, 0) is 49.2 Å². The maximum atomic E-state index is 12.7. The van der Waals surface area contributed by atoms with Crippen LogP contribution in [0.1, 0.15) is 12.8 Å². The number of ether oxygens (including phenoxy) is 1. The van der Waals surface area contributed by atoms with Crippen molar-refractivity contribution in [2.45, 2.75) is 18.9 Å². The molecule has 2 aliphatic rings. The molecule has 0 aromatic heterocycles. The first kappa shape index (κ1) is 19.1. The molecular weight excluding hydrogens is 368 g/mol. The van der Waals surface area contributed by atoms with E-state index in [1.165, 1.54) is 18.5 Å². The van der Waals surface area contributed by atoms with E-state index in [2.05, 4.69) is 15.5 Å². The van der Waals surface area contributed by atoms with Gasteiger partial charge in [0.2, 0.25) is 5.91 Å². The molecule has 0 saturated carbocycles. The van der Waals surface area contributed by atoms with Gasteiger partial charge in [0.05, 0.1) is 18.8 Å². The molecule has 0 radical (unpaired) electrons. The fourth-order valence-corrected chi connectivity index (χ4v) is 3.86. The van der Waals surface area contributed by atoms with Crippen LogP contribution in [0.4, 0.5) is 17.1 Å². The Balaban J connectivity index is 1.42. The molecule has 0 aliphatic carbocycles. The van der Waals surface area contributed by atoms with Gasteiger partial charge in [-0.2, -0.15) is 0 Å². The molecule has 4 rings (SSSR count). The first-order valence-corrected chi connectivity index (χ1v) is 10.0. The van der Waals surface area contributed by atoms with Gasteiger partial charge >= 0.3 is 0 Å². The maximum Gasteiger partial charge on any atom is 0.262 e. The Labute approximate surface area is 170 Å². The van der Waals surface area contributed by atoms with Crippen LogP contribution in [-0.2, 0) is 9.59 Å². The minimum absolute atomic E-state index is 0.133. The van der Waals surface area contributed by atoms with E-state index >= 15 is 0 Å². The Morgan fingerprint density at radius 3 is 2.52 bits per heavy atom. The molecule has 1 saturated heterocycles. The highest BCUT2D eigenvalue weighted by atomic mass is 16.5. The highest BCUT2D eigenvalue weighted by Gasteiger charge is 2.31. The number of amides is 2. The molecule has 7 heteroatoms. The van der Waals surface area contributed by atoms with E-state index in [0.717, 1.165) is 24.5 Å². The summed E-state index contributed by atoms with van der Waals surface area (Å²) in [6.45, 7) is 2.64. The number of hydrogen-bond donors (Lipinski definition) is 2. The number of rotatable bonds is 5. The molecule has 1 atom stereocenters. The first-order chi connectivity index (χ1) is 14.1. The fraction of sp³-hybridized carbons (Fsp3) is 0.364. The van der Waals surface area contributed by atoms with E-state index in [-0.39, 0.29) is 18.4 Å². The fourth-order valence-electron chi connectivity index (χ4n) is 3.86. The van der Waals surface area contributed by atoms with Crippen LogP contribution in [0.15, 0.2) is 48.5 Å². The summed E-state index contributed by atoms with van der Waals surface area (Å²) in [6.07, 6.45) is 1.81. The van der Waals surface area contributed by atoms with Crippen LogP contribution in [-0.4, -0.2) is 51.1 Å². The lowest BCUT2D eigenvalue weighted by atomic mass is 10.1. The zero-order valence-electron chi connectivity index (χ0n) is 16.6. The van der Waals surface area contributed by atoms with Crippen molar-refractivity contribution in [3.05, 3.63) is 48.5 Å². The third-order valence-corrected chi connectivity index (χ3v) is 5.36. The maximum absolute atomic E-state index is 12.7. The van der Waals surface area contributed by atoms with Crippen LogP contribution in [0.2, 0.25) is 0 Å². The van der Waals surface area contributed by atoms with Crippen molar-refractivity contribution in [3.63, 3.8) is 0 Å². The average Bonchev–Trinajstić information content (AvgIpc) is 3.28. The van der Waals surface area contributed by atoms with E-state index in [1.54, 1.807) is 7.05 Å². The van der Waals surface area contributed by atoms with Crippen LogP contribution in [0.5, 0.6) is 5.75 Å². The largest absolute Gasteiger partial charge is 0.477 e. The Bertz CT molecular complexity index is 878. The molecule has 0 bridgehead atoms. The number of carbonyl (C=O) groups is 2. The normalized spacial score (nSPS) is 18.0. The predicted octanol–water partition coefficient (Wildman–Crippen LogP) is 2.24. The molecule has 2 amide bonds. The van der Waals surface area contributed by atoms with Gasteiger partial charge in [0.25, 0.3) is 5.91 Å². The molecule has 1 fully saturated rings. The standard InChI is InChI=1S/C22H26N4O3/c1-23-22(28)20-14-26(18-6-2-3-7-19(18)29-20)15-21(27)24-16-8-10-17(11-9-16)25-12-4-5-13-25/h2-3,6-11,20H,4-5,12-15H2,1H3,(H,23,28)(H,24,27)/t20-/m1/s1. The molecule has 2 aromatic rings. The molecule has 2 aliphatic heterocycles. The SMILES string of the molecule is CNC(=O)[C@H]1CN(CC(=O)Nc2ccc(N3CCCC3)cc2)c2ccccc2O1. The average molecular weight is 394 g/mol. The molecule has 29 heavy (non-hydrogen) atoms. The van der Waals surface area contributed by atoms with E-state index in [0.29, 0.717) is 12.3 Å². The number of hydrogen-bond acceptors (Lipinski definition) is 5. The molecule has 7 nitrogen and oxygen atoms in total. The van der Waals surface area contributed by atoms with Crippen LogP contribution in [0, 0.1) is 0 Å². The predicted molar refractivity (Wildman–Crippen MR) is 114 cm³/mol. The van der Waals surface area contributed by atoms with Crippen LogP contribution < -0.4 is 25.2 Å². The zero-order valence-corrected chi connectivity index (χ0v) is 16.6. The van der Waals surface area contributed by atoms with E-state index in [4.69, 9.17) is 4.74 Å². The van der Waals surface area contributed by atoms with Gasteiger partial charge < -0.3 is 25.2 Å². The number of benzene rings is 2. The number of nitrogens with zero attached hydrogens (tertiary/aromatic N) is 2. The van der Waals surface area contributed by atoms with Crippen molar-refractivity contribution < 1.29 is 14.3 Å². The lowest BCUT2D eigenvalue weighted by Gasteiger charge is -2.35. The minimum atomic E-state index is -0.651. The molecule has 2 heterocycles. The number of likely N-dealkylation sites (N-methyl/N-ethyl adjacent to an activating group) is 1. The molecule has 2 aromatic carbocycles. The summed E-state index contributed by atoms with van der Waals surface area (Å²) < 4.78 is 5.79. The highest BCUT2D eigenvalue weighted by molar-refractivity contribution is 5.95. The quantitative estimate of drug-likeness (QED) is 0.814. The van der Waals surface area contributed by atoms with Crippen molar-refractivity contribution >= 4 is 28.9 Å². The second kappa shape index (κ2) is 8.43. The molecular formula is C22H26N4O3. The van der Waals surface area contributed by atoms with Gasteiger partial charge in [0, 0.05) is 31.5 Å². The van der Waals surface area contributed by atoms with Gasteiger partial charge in [0.1, 0.15) is 5.75 Å². The van der Waals surface area contributed by atoms with Crippen LogP contribution in [0.25, 0.3) is 0 Å². The Hall–Kier alpha value is -3.22. The topological polar surface area (TPSA) is 73.9 Å². The summed E-state index contributed by atoms with van der Waals surface area (Å²) in [6, 6.07) is 15.4. The monoisotopic (exact) mass is 394 g/mol. The summed E-state index contributed by atoms with van der Waals surface area (Å²) in [5.41, 5.74) is 2.77. The summed E-state index contributed by atoms with van der Waals surface area (Å²) in [7, 11) is 1.58. The number of anilines is 3. The third-order valence-electron chi connectivity index (χ3n) is 5.36. The second-order valence-electron chi connectivity index (χ2n) is 7.36. The van der Waals surface area contributed by atoms with E-state index in [1.807, 2.05) is 53.4 Å². The lowest BCUT2D eigenvalue weighted by molar-refractivity contribution is -0.127. The highest BCUT2D eigenvalue weighted by Crippen LogP contribution is 2.33. The van der Waals surface area contributed by atoms with E-state index in [9.17, 15) is 9.59 Å². The second-order valence-corrected chi connectivity index (χ2v) is 7.36. The van der Waals surface area contributed by atoms with Crippen molar-refractivity contribution in [1.29, 1.82) is 0 Å². The van der Waals surface area contributed by atoms with Crippen molar-refractivity contribution in [2.24, 2.45) is 0 Å². The summed E-state index contributed by atoms with van der Waals surface area (Å²) in [5, 5.41) is 5.57. The van der Waals surface area contributed by atoms with Crippen LogP contribution in [0.3, 0.4) is 0 Å². The van der Waals surface area contributed by atoms with Crippen molar-refractivity contribution in [1.82, 2.24) is 5.32 Å². The number of para-hydroxylation sites is 2. The number of fused-ring (bicyclic) bond motifs is 1. The minimum Gasteiger partial charge on any atom is -0.477 e. The number of nitrogens with one attached hydrogen (secondary N) is 2. The molecule has 152 valence electrons. The molecule has 2 N–H and O–H groups in total. The summed E-state index contributed by atoms with van der Waals surface area (Å²) in [5.74, 6) is 0.267. The van der Waals surface area contributed by atoms with Crippen molar-refractivity contribution in [3.8, 4) is 5.75 Å².